The van der Waals surface area contributed by atoms with E-state index >= 15 is 0 Å². The van der Waals surface area contributed by atoms with Crippen molar-refractivity contribution in [2.45, 2.75) is 45.1 Å². The average Bonchev–Trinajstić information content (AvgIpc) is 2.86. The van der Waals surface area contributed by atoms with Crippen molar-refractivity contribution in [1.82, 2.24) is 14.7 Å². The van der Waals surface area contributed by atoms with E-state index in [1.807, 2.05) is 0 Å². The van der Waals surface area contributed by atoms with Gasteiger partial charge in [0.2, 0.25) is 0 Å². The zero-order chi connectivity index (χ0) is 13.9. The van der Waals surface area contributed by atoms with Crippen molar-refractivity contribution >= 4 is 0 Å². The van der Waals surface area contributed by atoms with Gasteiger partial charge >= 0.3 is 0 Å². The van der Waals surface area contributed by atoms with Gasteiger partial charge in [-0.1, -0.05) is 13.3 Å². The first kappa shape index (κ1) is 14.8. The topological polar surface area (TPSA) is 9.72 Å². The Bertz CT molecular complexity index is 291. The third-order valence-corrected chi connectivity index (χ3v) is 5.93. The maximum absolute atomic E-state index is 2.76. The molecule has 2 heterocycles. The molecule has 3 fully saturated rings. The minimum Gasteiger partial charge on any atom is -0.304 e. The second-order valence-corrected chi connectivity index (χ2v) is 7.66. The third kappa shape index (κ3) is 3.75. The molecule has 2 saturated heterocycles. The predicted octanol–water partition coefficient (Wildman–Crippen LogP) is 2.13. The maximum atomic E-state index is 2.76. The highest BCUT2D eigenvalue weighted by molar-refractivity contribution is 4.84. The highest BCUT2D eigenvalue weighted by Gasteiger charge is 2.29. The van der Waals surface area contributed by atoms with Gasteiger partial charge in [-0.05, 0) is 57.7 Å². The van der Waals surface area contributed by atoms with E-state index in [1.165, 1.54) is 77.9 Å². The van der Waals surface area contributed by atoms with E-state index in [9.17, 15) is 0 Å². The Morgan fingerprint density at radius 1 is 0.850 bits per heavy atom. The van der Waals surface area contributed by atoms with Gasteiger partial charge in [-0.25, -0.2) is 0 Å². The van der Waals surface area contributed by atoms with Crippen LogP contribution in [0.1, 0.15) is 39.0 Å². The molecular weight excluding hydrogens is 246 g/mol. The van der Waals surface area contributed by atoms with Crippen LogP contribution < -0.4 is 0 Å². The molecule has 0 bridgehead atoms. The molecule has 2 aliphatic heterocycles. The summed E-state index contributed by atoms with van der Waals surface area (Å²) < 4.78 is 0. The van der Waals surface area contributed by atoms with Crippen molar-refractivity contribution in [2.75, 3.05) is 52.9 Å². The highest BCUT2D eigenvalue weighted by Crippen LogP contribution is 2.31. The van der Waals surface area contributed by atoms with Crippen LogP contribution in [0.5, 0.6) is 0 Å². The first-order valence-corrected chi connectivity index (χ1v) is 8.85. The van der Waals surface area contributed by atoms with E-state index in [4.69, 9.17) is 0 Å². The molecule has 20 heavy (non-hydrogen) atoms. The van der Waals surface area contributed by atoms with Crippen LogP contribution in [-0.2, 0) is 0 Å². The summed E-state index contributed by atoms with van der Waals surface area (Å²) >= 11 is 0. The van der Waals surface area contributed by atoms with Gasteiger partial charge in [-0.15, -0.1) is 0 Å². The lowest BCUT2D eigenvalue weighted by Crippen LogP contribution is -2.52. The maximum Gasteiger partial charge on any atom is 0.0121 e. The number of rotatable bonds is 3. The van der Waals surface area contributed by atoms with Crippen LogP contribution in [0.2, 0.25) is 0 Å². The van der Waals surface area contributed by atoms with Crippen molar-refractivity contribution in [3.8, 4) is 0 Å². The van der Waals surface area contributed by atoms with E-state index in [0.717, 1.165) is 17.9 Å². The van der Waals surface area contributed by atoms with Crippen molar-refractivity contribution in [3.63, 3.8) is 0 Å². The smallest absolute Gasteiger partial charge is 0.0121 e. The molecule has 3 heteroatoms. The molecule has 0 radical (unpaired) electrons. The van der Waals surface area contributed by atoms with E-state index < -0.39 is 0 Å². The zero-order valence-electron chi connectivity index (χ0n) is 13.6. The Kier molecular flexibility index (Phi) is 5.00. The lowest BCUT2D eigenvalue weighted by molar-refractivity contribution is 0.0633. The molecule has 0 aromatic carbocycles. The summed E-state index contributed by atoms with van der Waals surface area (Å²) in [6.07, 6.45) is 7.26. The molecule has 3 nitrogen and oxygen atoms in total. The molecule has 0 amide bonds. The summed E-state index contributed by atoms with van der Waals surface area (Å²) in [6, 6.07) is 0.877. The number of likely N-dealkylation sites (tertiary alicyclic amines) is 1. The third-order valence-electron chi connectivity index (χ3n) is 5.93. The quantitative estimate of drug-likeness (QED) is 0.784. The second kappa shape index (κ2) is 6.76. The number of piperazine rings is 1. The fraction of sp³-hybridized carbons (Fsp3) is 1.00. The Hall–Kier alpha value is -0.120. The van der Waals surface area contributed by atoms with Gasteiger partial charge in [-0.2, -0.15) is 0 Å². The monoisotopic (exact) mass is 279 g/mol. The van der Waals surface area contributed by atoms with Gasteiger partial charge in [0.25, 0.3) is 0 Å². The number of nitrogens with zero attached hydrogens (tertiary/aromatic N) is 3. The summed E-state index contributed by atoms with van der Waals surface area (Å²) in [5, 5.41) is 0. The summed E-state index contributed by atoms with van der Waals surface area (Å²) in [7, 11) is 2.25. The number of piperidine rings is 1. The first-order valence-electron chi connectivity index (χ1n) is 8.85. The predicted molar refractivity (Wildman–Crippen MR) is 85.0 cm³/mol. The fourth-order valence-corrected chi connectivity index (χ4v) is 4.51. The summed E-state index contributed by atoms with van der Waals surface area (Å²) in [6.45, 7) is 11.6. The van der Waals surface area contributed by atoms with Crippen LogP contribution in [0.3, 0.4) is 0 Å². The summed E-state index contributed by atoms with van der Waals surface area (Å²) in [4.78, 5) is 7.98. The van der Waals surface area contributed by atoms with Gasteiger partial charge in [0.1, 0.15) is 0 Å². The Morgan fingerprint density at radius 2 is 1.55 bits per heavy atom. The minimum absolute atomic E-state index is 0.877. The molecule has 0 spiro atoms. The summed E-state index contributed by atoms with van der Waals surface area (Å²) in [5.41, 5.74) is 0. The van der Waals surface area contributed by atoms with Crippen molar-refractivity contribution < 1.29 is 0 Å². The van der Waals surface area contributed by atoms with Gasteiger partial charge in [-0.3, -0.25) is 4.90 Å². The number of hydrogen-bond donors (Lipinski definition) is 0. The van der Waals surface area contributed by atoms with Crippen LogP contribution in [0.4, 0.5) is 0 Å². The van der Waals surface area contributed by atoms with E-state index in [1.54, 1.807) is 0 Å². The lowest BCUT2D eigenvalue weighted by atomic mass is 9.99. The van der Waals surface area contributed by atoms with E-state index in [0.29, 0.717) is 0 Å². The highest BCUT2D eigenvalue weighted by atomic mass is 15.3. The molecule has 1 aliphatic carbocycles. The standard InChI is InChI=1S/C17H33N3/c1-15-3-4-16(13-15)14-19-7-5-17(6-8-19)20-11-9-18(2)10-12-20/h15-17H,3-14H2,1-2H3. The summed E-state index contributed by atoms with van der Waals surface area (Å²) in [5.74, 6) is 1.99. The Balaban J connectivity index is 1.38. The molecular formula is C17H33N3. The van der Waals surface area contributed by atoms with Crippen LogP contribution >= 0.6 is 0 Å². The van der Waals surface area contributed by atoms with Crippen molar-refractivity contribution in [3.05, 3.63) is 0 Å². The SMILES string of the molecule is CC1CCC(CN2CCC(N3CCN(C)CC3)CC2)C1. The normalized spacial score (nSPS) is 35.7. The second-order valence-electron chi connectivity index (χ2n) is 7.66. The largest absolute Gasteiger partial charge is 0.304 e. The first-order chi connectivity index (χ1) is 9.70. The van der Waals surface area contributed by atoms with Crippen molar-refractivity contribution in [2.24, 2.45) is 11.8 Å². The van der Waals surface area contributed by atoms with Gasteiger partial charge < -0.3 is 9.80 Å². The number of hydrogen-bond acceptors (Lipinski definition) is 3. The molecule has 2 unspecified atom stereocenters. The van der Waals surface area contributed by atoms with Crippen LogP contribution in [-0.4, -0.2) is 73.6 Å². The van der Waals surface area contributed by atoms with Crippen LogP contribution in [0, 0.1) is 11.8 Å². The molecule has 0 N–H and O–H groups in total. The van der Waals surface area contributed by atoms with Crippen LogP contribution in [0.15, 0.2) is 0 Å². The Morgan fingerprint density at radius 3 is 2.15 bits per heavy atom. The van der Waals surface area contributed by atoms with E-state index in [-0.39, 0.29) is 0 Å². The Labute approximate surface area is 125 Å². The molecule has 2 atom stereocenters. The molecule has 3 rings (SSSR count). The van der Waals surface area contributed by atoms with Gasteiger partial charge in [0.05, 0.1) is 0 Å². The molecule has 3 aliphatic rings. The zero-order valence-corrected chi connectivity index (χ0v) is 13.6. The average molecular weight is 279 g/mol. The lowest BCUT2D eigenvalue weighted by Gasteiger charge is -2.42. The molecule has 116 valence electrons. The van der Waals surface area contributed by atoms with Crippen molar-refractivity contribution in [1.29, 1.82) is 0 Å². The fourth-order valence-electron chi connectivity index (χ4n) is 4.51. The van der Waals surface area contributed by atoms with Gasteiger partial charge in [0, 0.05) is 38.8 Å². The van der Waals surface area contributed by atoms with Crippen LogP contribution in [0.25, 0.3) is 0 Å². The minimum atomic E-state index is 0.877. The molecule has 1 saturated carbocycles. The van der Waals surface area contributed by atoms with E-state index in [2.05, 4.69) is 28.7 Å². The molecule has 0 aromatic heterocycles. The van der Waals surface area contributed by atoms with Gasteiger partial charge in [0.15, 0.2) is 0 Å². The molecule has 0 aromatic rings. The number of likely N-dealkylation sites (N-methyl/N-ethyl adjacent to an activating group) is 1.